The van der Waals surface area contributed by atoms with Crippen LogP contribution in [0.1, 0.15) is 5.56 Å². The van der Waals surface area contributed by atoms with E-state index in [1.807, 2.05) is 42.5 Å². The fourth-order valence-electron chi connectivity index (χ4n) is 1.64. The highest BCUT2D eigenvalue weighted by molar-refractivity contribution is 5.50. The maximum atomic E-state index is 9.36. The van der Waals surface area contributed by atoms with Gasteiger partial charge in [0.1, 0.15) is 5.60 Å². The summed E-state index contributed by atoms with van der Waals surface area (Å²) >= 11 is 0. The first-order chi connectivity index (χ1) is 7.85. The molecular formula is C13H16O3. The molecule has 1 heterocycles. The molecule has 0 aliphatic carbocycles. The van der Waals surface area contributed by atoms with Crippen LogP contribution in [-0.2, 0) is 9.47 Å². The second-order valence-electron chi connectivity index (χ2n) is 3.87. The van der Waals surface area contributed by atoms with Crippen molar-refractivity contribution < 1.29 is 14.6 Å². The summed E-state index contributed by atoms with van der Waals surface area (Å²) in [5, 5.41) is 9.36. The lowest BCUT2D eigenvalue weighted by Crippen LogP contribution is -2.44. The second kappa shape index (κ2) is 5.25. The molecular weight excluding hydrogens is 204 g/mol. The first-order valence-electron chi connectivity index (χ1n) is 5.41. The molecule has 0 saturated carbocycles. The highest BCUT2D eigenvalue weighted by atomic mass is 16.6. The molecule has 3 heteroatoms. The second-order valence-corrected chi connectivity index (χ2v) is 3.87. The highest BCUT2D eigenvalue weighted by Crippen LogP contribution is 2.18. The van der Waals surface area contributed by atoms with Crippen LogP contribution in [0.3, 0.4) is 0 Å². The fourth-order valence-corrected chi connectivity index (χ4v) is 1.64. The summed E-state index contributed by atoms with van der Waals surface area (Å²) in [6.45, 7) is 1.48. The number of aliphatic hydroxyl groups is 1. The molecule has 0 amide bonds. The third kappa shape index (κ3) is 2.70. The molecule has 0 aromatic heterocycles. The summed E-state index contributed by atoms with van der Waals surface area (Å²) in [6, 6.07) is 9.93. The number of rotatable bonds is 3. The maximum absolute atomic E-state index is 9.36. The van der Waals surface area contributed by atoms with E-state index in [4.69, 9.17) is 9.47 Å². The summed E-state index contributed by atoms with van der Waals surface area (Å²) in [5.74, 6) is 0. The molecule has 0 bridgehead atoms. The van der Waals surface area contributed by atoms with Gasteiger partial charge in [-0.05, 0) is 11.6 Å². The summed E-state index contributed by atoms with van der Waals surface area (Å²) < 4.78 is 10.9. The van der Waals surface area contributed by atoms with Crippen molar-refractivity contribution in [3.63, 3.8) is 0 Å². The van der Waals surface area contributed by atoms with E-state index in [0.29, 0.717) is 19.8 Å². The van der Waals surface area contributed by atoms with Crippen LogP contribution in [0.4, 0.5) is 0 Å². The largest absolute Gasteiger partial charge is 0.393 e. The zero-order valence-electron chi connectivity index (χ0n) is 9.13. The van der Waals surface area contributed by atoms with Gasteiger partial charge in [0, 0.05) is 0 Å². The van der Waals surface area contributed by atoms with Crippen molar-refractivity contribution in [3.8, 4) is 0 Å². The molecule has 0 spiro atoms. The summed E-state index contributed by atoms with van der Waals surface area (Å²) in [5.41, 5.74) is 0.415. The number of ether oxygens (including phenoxy) is 2. The number of benzene rings is 1. The molecule has 0 radical (unpaired) electrons. The summed E-state index contributed by atoms with van der Waals surface area (Å²) in [6.07, 6.45) is 3.83. The van der Waals surface area contributed by atoms with E-state index in [-0.39, 0.29) is 6.61 Å². The van der Waals surface area contributed by atoms with Gasteiger partial charge in [0.25, 0.3) is 0 Å². The van der Waals surface area contributed by atoms with Gasteiger partial charge in [0.15, 0.2) is 0 Å². The van der Waals surface area contributed by atoms with E-state index >= 15 is 0 Å². The molecule has 1 aliphatic rings. The lowest BCUT2D eigenvalue weighted by atomic mass is 10.0. The molecule has 1 aliphatic heterocycles. The van der Waals surface area contributed by atoms with Gasteiger partial charge >= 0.3 is 0 Å². The molecule has 1 N–H and O–H groups in total. The predicted octanol–water partition coefficient (Wildman–Crippen LogP) is 1.48. The Hall–Kier alpha value is -1.16. The normalized spacial score (nSPS) is 26.1. The zero-order valence-corrected chi connectivity index (χ0v) is 9.13. The monoisotopic (exact) mass is 220 g/mol. The van der Waals surface area contributed by atoms with Gasteiger partial charge < -0.3 is 14.6 Å². The minimum Gasteiger partial charge on any atom is -0.393 e. The fraction of sp³-hybridized carbons (Fsp3) is 0.385. The standard InChI is InChI=1S/C13H16O3/c14-10-13(11-15-8-9-16-13)7-6-12-4-2-1-3-5-12/h1-7,14H,8-11H2/b7-6+/t13-/m0/s1. The quantitative estimate of drug-likeness (QED) is 0.838. The number of hydrogen-bond acceptors (Lipinski definition) is 3. The van der Waals surface area contributed by atoms with Crippen molar-refractivity contribution in [2.75, 3.05) is 26.4 Å². The van der Waals surface area contributed by atoms with E-state index < -0.39 is 5.60 Å². The number of aliphatic hydroxyl groups excluding tert-OH is 1. The molecule has 86 valence electrons. The SMILES string of the molecule is OC[C@@]1(/C=C/c2ccccc2)COCCO1. The molecule has 3 nitrogen and oxygen atoms in total. The van der Waals surface area contributed by atoms with Crippen molar-refractivity contribution in [1.29, 1.82) is 0 Å². The third-order valence-electron chi connectivity index (χ3n) is 2.61. The molecule has 1 aromatic carbocycles. The van der Waals surface area contributed by atoms with E-state index in [9.17, 15) is 5.11 Å². The molecule has 1 aromatic rings. The lowest BCUT2D eigenvalue weighted by molar-refractivity contribution is -0.148. The molecule has 2 rings (SSSR count). The van der Waals surface area contributed by atoms with E-state index in [1.54, 1.807) is 0 Å². The van der Waals surface area contributed by atoms with Gasteiger partial charge in [-0.3, -0.25) is 0 Å². The van der Waals surface area contributed by atoms with Crippen molar-refractivity contribution in [1.82, 2.24) is 0 Å². The van der Waals surface area contributed by atoms with Crippen LogP contribution < -0.4 is 0 Å². The Morgan fingerprint density at radius 2 is 2.06 bits per heavy atom. The Kier molecular flexibility index (Phi) is 3.72. The Morgan fingerprint density at radius 3 is 2.69 bits per heavy atom. The van der Waals surface area contributed by atoms with Crippen LogP contribution in [-0.4, -0.2) is 37.1 Å². The van der Waals surface area contributed by atoms with Crippen LogP contribution in [0.15, 0.2) is 36.4 Å². The Morgan fingerprint density at radius 1 is 1.25 bits per heavy atom. The Labute approximate surface area is 95.3 Å². The first-order valence-corrected chi connectivity index (χ1v) is 5.41. The van der Waals surface area contributed by atoms with E-state index in [2.05, 4.69) is 0 Å². The van der Waals surface area contributed by atoms with Crippen LogP contribution in [0, 0.1) is 0 Å². The van der Waals surface area contributed by atoms with Crippen LogP contribution in [0.5, 0.6) is 0 Å². The average Bonchev–Trinajstić information content (AvgIpc) is 2.39. The minimum absolute atomic E-state index is 0.0592. The topological polar surface area (TPSA) is 38.7 Å². The molecule has 1 fully saturated rings. The first kappa shape index (κ1) is 11.3. The zero-order chi connectivity index (χ0) is 11.3. The van der Waals surface area contributed by atoms with Gasteiger partial charge in [-0.2, -0.15) is 0 Å². The van der Waals surface area contributed by atoms with Gasteiger partial charge in [0.2, 0.25) is 0 Å². The van der Waals surface area contributed by atoms with Crippen molar-refractivity contribution in [2.45, 2.75) is 5.60 Å². The van der Waals surface area contributed by atoms with E-state index in [1.165, 1.54) is 0 Å². The van der Waals surface area contributed by atoms with Crippen LogP contribution in [0.25, 0.3) is 6.08 Å². The summed E-state index contributed by atoms with van der Waals surface area (Å²) in [4.78, 5) is 0. The van der Waals surface area contributed by atoms with Crippen molar-refractivity contribution in [3.05, 3.63) is 42.0 Å². The minimum atomic E-state index is -0.673. The summed E-state index contributed by atoms with van der Waals surface area (Å²) in [7, 11) is 0. The third-order valence-corrected chi connectivity index (χ3v) is 2.61. The van der Waals surface area contributed by atoms with Gasteiger partial charge in [-0.1, -0.05) is 36.4 Å². The molecule has 1 saturated heterocycles. The van der Waals surface area contributed by atoms with Gasteiger partial charge in [-0.15, -0.1) is 0 Å². The maximum Gasteiger partial charge on any atom is 0.133 e. The predicted molar refractivity (Wildman–Crippen MR) is 62.1 cm³/mol. The van der Waals surface area contributed by atoms with Crippen LogP contribution >= 0.6 is 0 Å². The molecule has 0 unspecified atom stereocenters. The van der Waals surface area contributed by atoms with Crippen LogP contribution in [0.2, 0.25) is 0 Å². The Bertz CT molecular complexity index is 339. The molecule has 1 atom stereocenters. The van der Waals surface area contributed by atoms with Crippen molar-refractivity contribution in [2.24, 2.45) is 0 Å². The van der Waals surface area contributed by atoms with E-state index in [0.717, 1.165) is 5.56 Å². The average molecular weight is 220 g/mol. The molecule has 16 heavy (non-hydrogen) atoms. The van der Waals surface area contributed by atoms with Crippen molar-refractivity contribution >= 4 is 6.08 Å². The van der Waals surface area contributed by atoms with Gasteiger partial charge in [-0.25, -0.2) is 0 Å². The highest BCUT2D eigenvalue weighted by Gasteiger charge is 2.30. The lowest BCUT2D eigenvalue weighted by Gasteiger charge is -2.32. The smallest absolute Gasteiger partial charge is 0.133 e. The van der Waals surface area contributed by atoms with Gasteiger partial charge in [0.05, 0.1) is 26.4 Å². The number of hydrogen-bond donors (Lipinski definition) is 1. The Balaban J connectivity index is 2.09.